The second-order valence-corrected chi connectivity index (χ2v) is 6.79. The summed E-state index contributed by atoms with van der Waals surface area (Å²) in [6, 6.07) is 5.42. The van der Waals surface area contributed by atoms with Gasteiger partial charge in [-0.15, -0.1) is 12.4 Å². The molecule has 1 heterocycles. The molecule has 134 valence electrons. The quantitative estimate of drug-likeness (QED) is 0.817. The van der Waals surface area contributed by atoms with E-state index in [-0.39, 0.29) is 35.9 Å². The van der Waals surface area contributed by atoms with E-state index in [1.54, 1.807) is 12.1 Å². The first-order chi connectivity index (χ1) is 11.0. The van der Waals surface area contributed by atoms with Gasteiger partial charge in [0, 0.05) is 42.8 Å². The summed E-state index contributed by atoms with van der Waals surface area (Å²) in [5, 5.41) is 10.2. The average Bonchev–Trinajstić information content (AvgIpc) is 2.57. The Kier molecular flexibility index (Phi) is 5.78. The van der Waals surface area contributed by atoms with Gasteiger partial charge in [0.2, 0.25) is 0 Å². The van der Waals surface area contributed by atoms with Crippen LogP contribution >= 0.6 is 12.4 Å². The first kappa shape index (κ1) is 19.0. The Bertz CT molecular complexity index is 598. The molecular weight excluding hydrogens is 328 g/mol. The van der Waals surface area contributed by atoms with Gasteiger partial charge in [0.15, 0.2) is 0 Å². The number of benzene rings is 1. The molecule has 1 saturated heterocycles. The van der Waals surface area contributed by atoms with Crippen molar-refractivity contribution in [3.63, 3.8) is 0 Å². The van der Waals surface area contributed by atoms with Crippen LogP contribution in [0.1, 0.15) is 42.1 Å². The second kappa shape index (κ2) is 7.30. The van der Waals surface area contributed by atoms with Gasteiger partial charge in [0.25, 0.3) is 5.91 Å². The van der Waals surface area contributed by atoms with Gasteiger partial charge < -0.3 is 20.5 Å². The van der Waals surface area contributed by atoms with Gasteiger partial charge >= 0.3 is 0 Å². The Labute approximate surface area is 149 Å². The van der Waals surface area contributed by atoms with Crippen molar-refractivity contribution in [3.8, 4) is 0 Å². The molecule has 0 bridgehead atoms. The number of nitrogens with two attached hydrogens (primary N) is 1. The predicted molar refractivity (Wildman–Crippen MR) is 96.4 cm³/mol. The minimum absolute atomic E-state index is 0. The molecule has 2 unspecified atom stereocenters. The molecule has 1 aromatic carbocycles. The van der Waals surface area contributed by atoms with Crippen LogP contribution in [-0.4, -0.2) is 47.8 Å². The molecule has 1 spiro atoms. The number of aliphatic hydroxyl groups is 1. The topological polar surface area (TPSA) is 75.8 Å². The third-order valence-corrected chi connectivity index (χ3v) is 5.61. The number of nitrogens with zero attached hydrogens (tertiary/aromatic N) is 1. The van der Waals surface area contributed by atoms with E-state index in [2.05, 4.69) is 0 Å². The number of aliphatic hydroxyl groups excluding tert-OH is 1. The Morgan fingerprint density at radius 2 is 2.08 bits per heavy atom. The molecular formula is C18H27ClN2O3. The largest absolute Gasteiger partial charge is 0.399 e. The first-order valence-electron chi connectivity index (χ1n) is 8.43. The van der Waals surface area contributed by atoms with Crippen molar-refractivity contribution in [2.75, 3.05) is 25.4 Å². The maximum Gasteiger partial charge on any atom is 0.253 e. The molecule has 5 nitrogen and oxygen atoms in total. The molecule has 1 aliphatic heterocycles. The fourth-order valence-electron chi connectivity index (χ4n) is 3.93. The van der Waals surface area contributed by atoms with Crippen LogP contribution in [0.4, 0.5) is 5.69 Å². The Hall–Kier alpha value is -1.30. The van der Waals surface area contributed by atoms with E-state index in [0.29, 0.717) is 30.9 Å². The maximum atomic E-state index is 12.7. The van der Waals surface area contributed by atoms with Crippen LogP contribution in [0.3, 0.4) is 0 Å². The van der Waals surface area contributed by atoms with Crippen LogP contribution < -0.4 is 5.73 Å². The summed E-state index contributed by atoms with van der Waals surface area (Å²) in [7, 11) is 0. The van der Waals surface area contributed by atoms with Crippen molar-refractivity contribution < 1.29 is 14.6 Å². The highest BCUT2D eigenvalue weighted by atomic mass is 35.5. The van der Waals surface area contributed by atoms with Gasteiger partial charge in [0.1, 0.15) is 0 Å². The smallest absolute Gasteiger partial charge is 0.253 e. The first-order valence-corrected chi connectivity index (χ1v) is 8.43. The number of nitrogen functional groups attached to an aromatic ring is 1. The summed E-state index contributed by atoms with van der Waals surface area (Å²) >= 11 is 0. The Balaban J connectivity index is 0.00000208. The molecule has 0 aromatic heterocycles. The van der Waals surface area contributed by atoms with Gasteiger partial charge in [-0.25, -0.2) is 0 Å². The van der Waals surface area contributed by atoms with E-state index in [9.17, 15) is 9.90 Å². The summed E-state index contributed by atoms with van der Waals surface area (Å²) in [4.78, 5) is 14.5. The Morgan fingerprint density at radius 3 is 2.62 bits per heavy atom. The third kappa shape index (κ3) is 3.13. The zero-order valence-corrected chi connectivity index (χ0v) is 15.1. The van der Waals surface area contributed by atoms with Gasteiger partial charge in [-0.2, -0.15) is 0 Å². The highest BCUT2D eigenvalue weighted by molar-refractivity contribution is 5.95. The Morgan fingerprint density at radius 1 is 1.42 bits per heavy atom. The summed E-state index contributed by atoms with van der Waals surface area (Å²) in [6.07, 6.45) is 2.17. The fourth-order valence-corrected chi connectivity index (χ4v) is 3.93. The number of carbonyl (C=O) groups excluding carboxylic acids is 1. The number of halogens is 1. The number of hydrogen-bond donors (Lipinski definition) is 2. The second-order valence-electron chi connectivity index (χ2n) is 6.79. The van der Waals surface area contributed by atoms with Crippen molar-refractivity contribution in [1.29, 1.82) is 0 Å². The highest BCUT2D eigenvalue weighted by Crippen LogP contribution is 2.51. The maximum absolute atomic E-state index is 12.7. The molecule has 2 atom stereocenters. The molecule has 1 saturated carbocycles. The number of hydrogen-bond acceptors (Lipinski definition) is 4. The zero-order chi connectivity index (χ0) is 16.6. The molecule has 1 aliphatic carbocycles. The standard InChI is InChI=1S/C18H26N2O3.ClH/c1-3-23-16-11-15(21)18(16)6-8-20(9-7-18)17(22)13-4-5-14(19)12(2)10-13;/h4-5,10,15-16,21H,3,6-9,11,19H2,1-2H3;1H. The number of ether oxygens (including phenoxy) is 1. The molecule has 3 N–H and O–H groups in total. The van der Waals surface area contributed by atoms with Crippen LogP contribution in [0.2, 0.25) is 0 Å². The number of carbonyl (C=O) groups is 1. The lowest BCUT2D eigenvalue weighted by atomic mass is 9.58. The molecule has 0 radical (unpaired) electrons. The summed E-state index contributed by atoms with van der Waals surface area (Å²) in [5.41, 5.74) is 7.99. The molecule has 1 aromatic rings. The van der Waals surface area contributed by atoms with Crippen molar-refractivity contribution in [1.82, 2.24) is 4.90 Å². The summed E-state index contributed by atoms with van der Waals surface area (Å²) in [5.74, 6) is 0.0460. The number of rotatable bonds is 3. The van der Waals surface area contributed by atoms with Crippen LogP contribution in [0.5, 0.6) is 0 Å². The third-order valence-electron chi connectivity index (χ3n) is 5.61. The zero-order valence-electron chi connectivity index (χ0n) is 14.3. The van der Waals surface area contributed by atoms with Crippen LogP contribution in [0.25, 0.3) is 0 Å². The average molecular weight is 355 g/mol. The molecule has 3 rings (SSSR count). The van der Waals surface area contributed by atoms with Crippen LogP contribution in [0, 0.1) is 12.3 Å². The van der Waals surface area contributed by atoms with Crippen molar-refractivity contribution >= 4 is 24.0 Å². The lowest BCUT2D eigenvalue weighted by Crippen LogP contribution is -2.62. The summed E-state index contributed by atoms with van der Waals surface area (Å²) in [6.45, 7) is 5.91. The molecule has 24 heavy (non-hydrogen) atoms. The van der Waals surface area contributed by atoms with Crippen molar-refractivity contribution in [2.45, 2.75) is 45.3 Å². The minimum Gasteiger partial charge on any atom is -0.399 e. The van der Waals surface area contributed by atoms with Gasteiger partial charge in [-0.3, -0.25) is 4.79 Å². The van der Waals surface area contributed by atoms with E-state index < -0.39 is 0 Å². The molecule has 2 aliphatic rings. The molecule has 2 fully saturated rings. The SMILES string of the molecule is CCOC1CC(O)C12CCN(C(=O)c1ccc(N)c(C)c1)CC2.Cl. The van der Waals surface area contributed by atoms with Gasteiger partial charge in [0.05, 0.1) is 12.2 Å². The van der Waals surface area contributed by atoms with Crippen LogP contribution in [0.15, 0.2) is 18.2 Å². The number of anilines is 1. The van der Waals surface area contributed by atoms with E-state index in [0.717, 1.165) is 24.8 Å². The number of aryl methyl sites for hydroxylation is 1. The lowest BCUT2D eigenvalue weighted by Gasteiger charge is -2.56. The highest BCUT2D eigenvalue weighted by Gasteiger charge is 2.56. The lowest BCUT2D eigenvalue weighted by molar-refractivity contribution is -0.207. The van der Waals surface area contributed by atoms with Gasteiger partial charge in [-0.05, 0) is 50.5 Å². The van der Waals surface area contributed by atoms with E-state index in [1.165, 1.54) is 0 Å². The van der Waals surface area contributed by atoms with Gasteiger partial charge in [-0.1, -0.05) is 0 Å². The van der Waals surface area contributed by atoms with E-state index in [1.807, 2.05) is 24.8 Å². The van der Waals surface area contributed by atoms with E-state index in [4.69, 9.17) is 10.5 Å². The van der Waals surface area contributed by atoms with Crippen LogP contribution in [-0.2, 0) is 4.74 Å². The minimum atomic E-state index is -0.296. The molecule has 1 amide bonds. The molecule has 6 heteroatoms. The number of likely N-dealkylation sites (tertiary alicyclic amines) is 1. The number of piperidine rings is 1. The normalized spacial score (nSPS) is 25.0. The van der Waals surface area contributed by atoms with E-state index >= 15 is 0 Å². The van der Waals surface area contributed by atoms with Crippen molar-refractivity contribution in [3.05, 3.63) is 29.3 Å². The summed E-state index contributed by atoms with van der Waals surface area (Å²) < 4.78 is 5.77. The monoisotopic (exact) mass is 354 g/mol. The fraction of sp³-hybridized carbons (Fsp3) is 0.611. The predicted octanol–water partition coefficient (Wildman–Crippen LogP) is 2.39. The van der Waals surface area contributed by atoms with Crippen molar-refractivity contribution in [2.24, 2.45) is 5.41 Å². The number of amides is 1.